The molecule has 23 heavy (non-hydrogen) atoms. The molecule has 0 radical (unpaired) electrons. The number of hydrogen-bond donors (Lipinski definition) is 1. The second kappa shape index (κ2) is 8.32. The fourth-order valence-electron chi connectivity index (χ4n) is 3.27. The molecule has 124 valence electrons. The van der Waals surface area contributed by atoms with Gasteiger partial charge in [0.25, 0.3) is 5.91 Å². The van der Waals surface area contributed by atoms with Gasteiger partial charge < -0.3 is 10.2 Å². The Morgan fingerprint density at radius 3 is 2.57 bits per heavy atom. The van der Waals surface area contributed by atoms with Crippen molar-refractivity contribution in [1.82, 2.24) is 10.2 Å². The maximum Gasteiger partial charge on any atom is 0.254 e. The van der Waals surface area contributed by atoms with Gasteiger partial charge in [-0.1, -0.05) is 43.3 Å². The quantitative estimate of drug-likeness (QED) is 0.925. The number of likely N-dealkylation sites (tertiary alicyclic amines) is 1. The van der Waals surface area contributed by atoms with E-state index >= 15 is 0 Å². The summed E-state index contributed by atoms with van der Waals surface area (Å²) in [5.74, 6) is 0.884. The molecule has 4 heteroatoms. The van der Waals surface area contributed by atoms with E-state index in [1.807, 2.05) is 35.2 Å². The zero-order chi connectivity index (χ0) is 15.4. The van der Waals surface area contributed by atoms with Gasteiger partial charge >= 0.3 is 0 Å². The summed E-state index contributed by atoms with van der Waals surface area (Å²) in [5, 5.41) is 5.61. The summed E-state index contributed by atoms with van der Waals surface area (Å²) in [7, 11) is 0. The molecule has 3 nitrogen and oxygen atoms in total. The van der Waals surface area contributed by atoms with Crippen LogP contribution in [0.25, 0.3) is 10.8 Å². The van der Waals surface area contributed by atoms with E-state index in [1.165, 1.54) is 0 Å². The maximum absolute atomic E-state index is 12.8. The molecule has 1 saturated heterocycles. The minimum absolute atomic E-state index is 0. The molecule has 0 saturated carbocycles. The van der Waals surface area contributed by atoms with Crippen LogP contribution in [-0.2, 0) is 0 Å². The van der Waals surface area contributed by atoms with Crippen LogP contribution in [0, 0.1) is 5.92 Å². The normalized spacial score (nSPS) is 15.4. The number of benzene rings is 2. The van der Waals surface area contributed by atoms with Gasteiger partial charge in [0.05, 0.1) is 0 Å². The number of rotatable bonds is 4. The minimum atomic E-state index is 0. The van der Waals surface area contributed by atoms with Crippen molar-refractivity contribution in [2.24, 2.45) is 5.92 Å². The number of fused-ring (bicyclic) bond motifs is 1. The first-order valence-electron chi connectivity index (χ1n) is 8.27. The summed E-state index contributed by atoms with van der Waals surface area (Å²) >= 11 is 0. The zero-order valence-electron chi connectivity index (χ0n) is 13.6. The Bertz CT molecular complexity index is 645. The average molecular weight is 333 g/mol. The molecule has 0 atom stereocenters. The molecule has 1 aliphatic heterocycles. The van der Waals surface area contributed by atoms with Gasteiger partial charge in [0, 0.05) is 18.7 Å². The number of nitrogens with one attached hydrogen (secondary N) is 1. The zero-order valence-corrected chi connectivity index (χ0v) is 14.4. The number of piperidine rings is 1. The molecule has 2 aromatic carbocycles. The third-order valence-corrected chi connectivity index (χ3v) is 4.60. The Morgan fingerprint density at radius 1 is 1.13 bits per heavy atom. The lowest BCUT2D eigenvalue weighted by Gasteiger charge is -2.32. The van der Waals surface area contributed by atoms with Crippen molar-refractivity contribution in [3.05, 3.63) is 48.0 Å². The highest BCUT2D eigenvalue weighted by atomic mass is 35.5. The number of hydrogen-bond acceptors (Lipinski definition) is 2. The van der Waals surface area contributed by atoms with E-state index in [2.05, 4.69) is 24.4 Å². The van der Waals surface area contributed by atoms with E-state index in [0.29, 0.717) is 5.92 Å². The molecule has 0 unspecified atom stereocenters. The van der Waals surface area contributed by atoms with Gasteiger partial charge in [-0.05, 0) is 48.7 Å². The van der Waals surface area contributed by atoms with Gasteiger partial charge in [-0.15, -0.1) is 12.4 Å². The van der Waals surface area contributed by atoms with Crippen molar-refractivity contribution in [2.75, 3.05) is 26.2 Å². The molecule has 0 bridgehead atoms. The lowest BCUT2D eigenvalue weighted by molar-refractivity contribution is 0.0692. The Kier molecular flexibility index (Phi) is 6.43. The van der Waals surface area contributed by atoms with Crippen LogP contribution in [0.1, 0.15) is 30.1 Å². The number of nitrogens with zero attached hydrogens (tertiary/aromatic N) is 1. The molecule has 1 amide bonds. The Hall–Kier alpha value is -1.58. The van der Waals surface area contributed by atoms with Crippen LogP contribution in [0.5, 0.6) is 0 Å². The number of carbonyl (C=O) groups excluding carboxylic acids is 1. The predicted octanol–water partition coefficient (Wildman–Crippen LogP) is 3.72. The highest BCUT2D eigenvalue weighted by Crippen LogP contribution is 2.23. The SMILES string of the molecule is CCNCC1CCN(C(=O)c2cccc3ccccc23)CC1.Cl. The lowest BCUT2D eigenvalue weighted by Crippen LogP contribution is -2.40. The van der Waals surface area contributed by atoms with Gasteiger partial charge in [-0.2, -0.15) is 0 Å². The predicted molar refractivity (Wildman–Crippen MR) is 98.4 cm³/mol. The van der Waals surface area contributed by atoms with Crippen LogP contribution in [0.3, 0.4) is 0 Å². The molecule has 1 heterocycles. The van der Waals surface area contributed by atoms with Gasteiger partial charge in [0.2, 0.25) is 0 Å². The number of amides is 1. The summed E-state index contributed by atoms with van der Waals surface area (Å²) in [5.41, 5.74) is 0.836. The second-order valence-corrected chi connectivity index (χ2v) is 6.07. The summed E-state index contributed by atoms with van der Waals surface area (Å²) in [6, 6.07) is 14.1. The first kappa shape index (κ1) is 17.8. The molecule has 0 spiro atoms. The highest BCUT2D eigenvalue weighted by Gasteiger charge is 2.24. The fourth-order valence-corrected chi connectivity index (χ4v) is 3.27. The monoisotopic (exact) mass is 332 g/mol. The Morgan fingerprint density at radius 2 is 1.83 bits per heavy atom. The molecular formula is C19H25ClN2O. The van der Waals surface area contributed by atoms with E-state index in [0.717, 1.165) is 55.4 Å². The molecule has 0 aliphatic carbocycles. The van der Waals surface area contributed by atoms with Crippen LogP contribution in [0.15, 0.2) is 42.5 Å². The van der Waals surface area contributed by atoms with E-state index in [4.69, 9.17) is 0 Å². The molecule has 2 aromatic rings. The summed E-state index contributed by atoms with van der Waals surface area (Å²) in [4.78, 5) is 14.9. The van der Waals surface area contributed by atoms with E-state index < -0.39 is 0 Å². The van der Waals surface area contributed by atoms with Gasteiger partial charge in [0.15, 0.2) is 0 Å². The maximum atomic E-state index is 12.8. The van der Waals surface area contributed by atoms with Crippen LogP contribution in [0.4, 0.5) is 0 Å². The van der Waals surface area contributed by atoms with Gasteiger partial charge in [0.1, 0.15) is 0 Å². The van der Waals surface area contributed by atoms with E-state index in [1.54, 1.807) is 0 Å². The highest BCUT2D eigenvalue weighted by molar-refractivity contribution is 6.07. The number of carbonyl (C=O) groups is 1. The topological polar surface area (TPSA) is 32.3 Å². The third-order valence-electron chi connectivity index (χ3n) is 4.60. The van der Waals surface area contributed by atoms with Gasteiger partial charge in [-0.25, -0.2) is 0 Å². The first-order chi connectivity index (χ1) is 10.8. The largest absolute Gasteiger partial charge is 0.339 e. The molecule has 1 N–H and O–H groups in total. The van der Waals surface area contributed by atoms with Gasteiger partial charge in [-0.3, -0.25) is 4.79 Å². The summed E-state index contributed by atoms with van der Waals surface area (Å²) < 4.78 is 0. The first-order valence-corrected chi connectivity index (χ1v) is 8.27. The van der Waals surface area contributed by atoms with Crippen LogP contribution in [0.2, 0.25) is 0 Å². The van der Waals surface area contributed by atoms with Crippen molar-refractivity contribution in [2.45, 2.75) is 19.8 Å². The average Bonchev–Trinajstić information content (AvgIpc) is 2.59. The second-order valence-electron chi connectivity index (χ2n) is 6.07. The molecule has 0 aromatic heterocycles. The van der Waals surface area contributed by atoms with Crippen LogP contribution >= 0.6 is 12.4 Å². The molecule has 3 rings (SSSR count). The Balaban J connectivity index is 0.00000192. The van der Waals surface area contributed by atoms with Crippen molar-refractivity contribution in [1.29, 1.82) is 0 Å². The van der Waals surface area contributed by atoms with Crippen LogP contribution < -0.4 is 5.32 Å². The minimum Gasteiger partial charge on any atom is -0.339 e. The third kappa shape index (κ3) is 4.04. The standard InChI is InChI=1S/C19H24N2O.ClH/c1-2-20-14-15-10-12-21(13-11-15)19(22)18-9-5-7-16-6-3-4-8-17(16)18;/h3-9,15,20H,2,10-14H2,1H3;1H. The smallest absolute Gasteiger partial charge is 0.254 e. The molecule has 1 aliphatic rings. The van der Waals surface area contributed by atoms with Crippen molar-refractivity contribution in [3.63, 3.8) is 0 Å². The van der Waals surface area contributed by atoms with E-state index in [9.17, 15) is 4.79 Å². The van der Waals surface area contributed by atoms with Crippen molar-refractivity contribution in [3.8, 4) is 0 Å². The summed E-state index contributed by atoms with van der Waals surface area (Å²) in [6.45, 7) is 5.98. The lowest BCUT2D eigenvalue weighted by atomic mass is 9.95. The molecule has 1 fully saturated rings. The molecular weight excluding hydrogens is 308 g/mol. The fraction of sp³-hybridized carbons (Fsp3) is 0.421. The van der Waals surface area contributed by atoms with E-state index in [-0.39, 0.29) is 18.3 Å². The van der Waals surface area contributed by atoms with Crippen molar-refractivity contribution < 1.29 is 4.79 Å². The Labute approximate surface area is 144 Å². The summed E-state index contributed by atoms with van der Waals surface area (Å²) in [6.07, 6.45) is 2.20. The number of halogens is 1. The van der Waals surface area contributed by atoms with Crippen molar-refractivity contribution >= 4 is 29.1 Å². The van der Waals surface area contributed by atoms with Crippen LogP contribution in [-0.4, -0.2) is 37.0 Å².